The van der Waals surface area contributed by atoms with Gasteiger partial charge in [0.1, 0.15) is 6.04 Å². The van der Waals surface area contributed by atoms with E-state index in [1.54, 1.807) is 18.7 Å². The van der Waals surface area contributed by atoms with Crippen LogP contribution in [-0.2, 0) is 13.6 Å². The molecule has 2 rings (SSSR count). The van der Waals surface area contributed by atoms with E-state index < -0.39 is 0 Å². The van der Waals surface area contributed by atoms with Crippen molar-refractivity contribution in [2.75, 3.05) is 0 Å². The first-order chi connectivity index (χ1) is 8.69. The summed E-state index contributed by atoms with van der Waals surface area (Å²) in [6.45, 7) is 2.90. The van der Waals surface area contributed by atoms with Gasteiger partial charge in [0.05, 0.1) is 35.1 Å². The third kappa shape index (κ3) is 2.27. The Morgan fingerprint density at radius 2 is 2.28 bits per heavy atom. The molecule has 2 heterocycles. The number of hydrogen-bond donors (Lipinski definition) is 2. The van der Waals surface area contributed by atoms with Crippen molar-refractivity contribution in [1.29, 1.82) is 0 Å². The molecule has 1 unspecified atom stereocenters. The van der Waals surface area contributed by atoms with E-state index in [-0.39, 0.29) is 6.04 Å². The largest absolute Gasteiger partial charge is 0.336 e. The highest BCUT2D eigenvalue weighted by Crippen LogP contribution is 2.27. The third-order valence-corrected chi connectivity index (χ3v) is 3.15. The second-order valence-electron chi connectivity index (χ2n) is 4.13. The number of halogens is 1. The molecule has 1 atom stereocenters. The van der Waals surface area contributed by atoms with Crippen molar-refractivity contribution in [2.45, 2.75) is 25.9 Å². The lowest BCUT2D eigenvalue weighted by molar-refractivity contribution is 0.507. The van der Waals surface area contributed by atoms with Crippen LogP contribution in [0.3, 0.4) is 0 Å². The molecule has 0 aliphatic rings. The van der Waals surface area contributed by atoms with Crippen LogP contribution in [0.25, 0.3) is 0 Å². The van der Waals surface area contributed by atoms with E-state index in [0.29, 0.717) is 5.02 Å². The Labute approximate surface area is 111 Å². The lowest BCUT2D eigenvalue weighted by atomic mass is 10.1. The minimum absolute atomic E-state index is 0.223. The number of hydrogen-bond acceptors (Lipinski definition) is 4. The fourth-order valence-electron chi connectivity index (χ4n) is 2.00. The fourth-order valence-corrected chi connectivity index (χ4v) is 2.25. The molecule has 18 heavy (non-hydrogen) atoms. The Bertz CT molecular complexity index is 517. The predicted molar refractivity (Wildman–Crippen MR) is 69.9 cm³/mol. The Hall–Kier alpha value is -1.37. The highest BCUT2D eigenvalue weighted by atomic mass is 35.5. The number of nitrogens with one attached hydrogen (secondary N) is 1. The van der Waals surface area contributed by atoms with Gasteiger partial charge in [-0.1, -0.05) is 18.5 Å². The van der Waals surface area contributed by atoms with Crippen LogP contribution < -0.4 is 11.3 Å². The zero-order chi connectivity index (χ0) is 13.1. The third-order valence-electron chi connectivity index (χ3n) is 2.86. The molecule has 7 heteroatoms. The van der Waals surface area contributed by atoms with Crippen molar-refractivity contribution in [2.24, 2.45) is 12.9 Å². The van der Waals surface area contributed by atoms with Gasteiger partial charge >= 0.3 is 0 Å². The maximum Gasteiger partial charge on any atom is 0.106 e. The summed E-state index contributed by atoms with van der Waals surface area (Å²) in [7, 11) is 1.92. The van der Waals surface area contributed by atoms with Crippen molar-refractivity contribution in [3.05, 3.63) is 35.1 Å². The summed E-state index contributed by atoms with van der Waals surface area (Å²) in [5, 5.41) is 4.88. The van der Waals surface area contributed by atoms with Crippen LogP contribution in [0.4, 0.5) is 0 Å². The summed E-state index contributed by atoms with van der Waals surface area (Å²) >= 11 is 6.21. The van der Waals surface area contributed by atoms with Gasteiger partial charge in [-0.15, -0.1) is 0 Å². The average molecular weight is 269 g/mol. The Kier molecular flexibility index (Phi) is 4.00. The van der Waals surface area contributed by atoms with Crippen molar-refractivity contribution in [1.82, 2.24) is 24.8 Å². The smallest absolute Gasteiger partial charge is 0.106 e. The second-order valence-corrected chi connectivity index (χ2v) is 4.54. The summed E-state index contributed by atoms with van der Waals surface area (Å²) in [6, 6.07) is -0.223. The fraction of sp³-hybridized carbons (Fsp3) is 0.455. The maximum atomic E-state index is 6.21. The summed E-state index contributed by atoms with van der Waals surface area (Å²) in [4.78, 5) is 4.10. The number of aromatic nitrogens is 4. The maximum absolute atomic E-state index is 6.21. The number of imidazole rings is 1. The highest BCUT2D eigenvalue weighted by molar-refractivity contribution is 6.31. The Balaban J connectivity index is 2.45. The molecule has 0 aliphatic heterocycles. The molecule has 0 bridgehead atoms. The quantitative estimate of drug-likeness (QED) is 0.632. The van der Waals surface area contributed by atoms with Gasteiger partial charge in [0.15, 0.2) is 0 Å². The topological polar surface area (TPSA) is 73.7 Å². The standard InChI is InChI=1S/C11H17ClN6/c1-3-4-18-11(8(12)5-15-18)10(16-13)9-6-14-7-17(9)2/h5-7,10,16H,3-4,13H2,1-2H3. The Morgan fingerprint density at radius 1 is 1.50 bits per heavy atom. The molecular formula is C11H17ClN6. The van der Waals surface area contributed by atoms with Crippen molar-refractivity contribution >= 4 is 11.6 Å². The van der Waals surface area contributed by atoms with Crippen molar-refractivity contribution < 1.29 is 0 Å². The SMILES string of the molecule is CCCn1ncc(Cl)c1C(NN)c1cncn1C. The van der Waals surface area contributed by atoms with Gasteiger partial charge in [-0.2, -0.15) is 5.10 Å². The number of aryl methyl sites for hydroxylation is 2. The van der Waals surface area contributed by atoms with Crippen molar-refractivity contribution in [3.8, 4) is 0 Å². The normalized spacial score (nSPS) is 12.9. The van der Waals surface area contributed by atoms with Gasteiger partial charge in [-0.3, -0.25) is 10.5 Å². The molecule has 0 aromatic carbocycles. The second kappa shape index (κ2) is 5.51. The van der Waals surface area contributed by atoms with E-state index in [1.807, 2.05) is 16.3 Å². The lowest BCUT2D eigenvalue weighted by Gasteiger charge is -2.18. The molecular weight excluding hydrogens is 252 g/mol. The van der Waals surface area contributed by atoms with Crippen LogP contribution in [-0.4, -0.2) is 19.3 Å². The van der Waals surface area contributed by atoms with Crippen LogP contribution in [0.15, 0.2) is 18.7 Å². The van der Waals surface area contributed by atoms with Gasteiger partial charge in [-0.05, 0) is 6.42 Å². The average Bonchev–Trinajstić information content (AvgIpc) is 2.91. The molecule has 0 spiro atoms. The molecule has 2 aromatic heterocycles. The summed E-state index contributed by atoms with van der Waals surface area (Å²) in [6.07, 6.45) is 6.12. The molecule has 0 saturated heterocycles. The molecule has 0 aliphatic carbocycles. The van der Waals surface area contributed by atoms with E-state index in [2.05, 4.69) is 22.4 Å². The minimum Gasteiger partial charge on any atom is -0.336 e. The van der Waals surface area contributed by atoms with E-state index >= 15 is 0 Å². The van der Waals surface area contributed by atoms with Crippen LogP contribution in [0, 0.1) is 0 Å². The van der Waals surface area contributed by atoms with E-state index in [4.69, 9.17) is 17.4 Å². The zero-order valence-electron chi connectivity index (χ0n) is 10.5. The first-order valence-corrected chi connectivity index (χ1v) is 6.20. The van der Waals surface area contributed by atoms with Crippen LogP contribution >= 0.6 is 11.6 Å². The van der Waals surface area contributed by atoms with Gasteiger partial charge < -0.3 is 4.57 Å². The summed E-state index contributed by atoms with van der Waals surface area (Å²) in [5.41, 5.74) is 4.59. The highest BCUT2D eigenvalue weighted by Gasteiger charge is 2.23. The molecule has 0 fully saturated rings. The summed E-state index contributed by atoms with van der Waals surface area (Å²) in [5.74, 6) is 5.67. The zero-order valence-corrected chi connectivity index (χ0v) is 11.2. The predicted octanol–water partition coefficient (Wildman–Crippen LogP) is 1.23. The van der Waals surface area contributed by atoms with Crippen LogP contribution in [0.5, 0.6) is 0 Å². The summed E-state index contributed by atoms with van der Waals surface area (Å²) < 4.78 is 3.78. The molecule has 2 aromatic rings. The van der Waals surface area contributed by atoms with Gasteiger partial charge in [-0.25, -0.2) is 10.4 Å². The molecule has 0 radical (unpaired) electrons. The van der Waals surface area contributed by atoms with Crippen LogP contribution in [0.1, 0.15) is 30.8 Å². The molecule has 0 amide bonds. The minimum atomic E-state index is -0.223. The van der Waals surface area contributed by atoms with Gasteiger partial charge in [0.25, 0.3) is 0 Å². The van der Waals surface area contributed by atoms with E-state index in [1.165, 1.54) is 0 Å². The molecule has 98 valence electrons. The number of nitrogens with zero attached hydrogens (tertiary/aromatic N) is 4. The Morgan fingerprint density at radius 3 is 2.83 bits per heavy atom. The number of rotatable bonds is 5. The number of hydrazine groups is 1. The molecule has 0 saturated carbocycles. The lowest BCUT2D eigenvalue weighted by Crippen LogP contribution is -2.32. The van der Waals surface area contributed by atoms with E-state index in [0.717, 1.165) is 24.4 Å². The van der Waals surface area contributed by atoms with Crippen molar-refractivity contribution in [3.63, 3.8) is 0 Å². The monoisotopic (exact) mass is 268 g/mol. The molecule has 6 nitrogen and oxygen atoms in total. The van der Waals surface area contributed by atoms with E-state index in [9.17, 15) is 0 Å². The van der Waals surface area contributed by atoms with Gasteiger partial charge in [0, 0.05) is 13.6 Å². The number of nitrogens with two attached hydrogens (primary N) is 1. The first-order valence-electron chi connectivity index (χ1n) is 5.82. The van der Waals surface area contributed by atoms with Crippen LogP contribution in [0.2, 0.25) is 5.02 Å². The van der Waals surface area contributed by atoms with Gasteiger partial charge in [0.2, 0.25) is 0 Å². The first kappa shape index (κ1) is 13.1. The molecule has 3 N–H and O–H groups in total.